The van der Waals surface area contributed by atoms with Gasteiger partial charge in [0.2, 0.25) is 11.8 Å². The van der Waals surface area contributed by atoms with Crippen LogP contribution < -0.4 is 10.6 Å². The first-order chi connectivity index (χ1) is 9.06. The lowest BCUT2D eigenvalue weighted by Gasteiger charge is -2.37. The predicted molar refractivity (Wildman–Crippen MR) is 69.7 cm³/mol. The van der Waals surface area contributed by atoms with E-state index >= 15 is 0 Å². The first-order valence-corrected chi connectivity index (χ1v) is 6.94. The van der Waals surface area contributed by atoms with Crippen molar-refractivity contribution in [3.8, 4) is 0 Å². The average Bonchev–Trinajstić information content (AvgIpc) is 3.10. The average molecular weight is 264 g/mol. The third-order valence-electron chi connectivity index (χ3n) is 3.99. The Balaban J connectivity index is 1.66. The van der Waals surface area contributed by atoms with Gasteiger partial charge in [0.15, 0.2) is 0 Å². The molecule has 1 atom stereocenters. The summed E-state index contributed by atoms with van der Waals surface area (Å²) in [4.78, 5) is 12.3. The lowest BCUT2D eigenvalue weighted by atomic mass is 9.77. The van der Waals surface area contributed by atoms with Crippen LogP contribution in [0, 0.1) is 5.41 Å². The number of hydrogen-bond acceptors (Lipinski definition) is 5. The van der Waals surface area contributed by atoms with Gasteiger partial charge in [0, 0.05) is 5.92 Å². The number of piperidine rings is 1. The molecule has 2 aliphatic rings. The van der Waals surface area contributed by atoms with E-state index in [1.165, 1.54) is 0 Å². The molecule has 1 aromatic heterocycles. The van der Waals surface area contributed by atoms with E-state index in [1.807, 2.05) is 0 Å². The van der Waals surface area contributed by atoms with Crippen LogP contribution in [0.25, 0.3) is 0 Å². The van der Waals surface area contributed by atoms with Crippen molar-refractivity contribution in [3.05, 3.63) is 5.89 Å². The van der Waals surface area contributed by atoms with Gasteiger partial charge in [0.1, 0.15) is 0 Å². The summed E-state index contributed by atoms with van der Waals surface area (Å²) in [7, 11) is 0. The van der Waals surface area contributed by atoms with E-state index in [1.54, 1.807) is 0 Å². The number of aromatic nitrogens is 2. The van der Waals surface area contributed by atoms with Crippen molar-refractivity contribution < 1.29 is 9.21 Å². The van der Waals surface area contributed by atoms with Crippen LogP contribution in [0.2, 0.25) is 0 Å². The molecule has 6 heteroatoms. The Labute approximate surface area is 112 Å². The third-order valence-corrected chi connectivity index (χ3v) is 3.99. The maximum atomic E-state index is 12.3. The first kappa shape index (κ1) is 12.6. The molecule has 2 heterocycles. The minimum atomic E-state index is -0.211. The highest BCUT2D eigenvalue weighted by molar-refractivity contribution is 5.93. The van der Waals surface area contributed by atoms with Gasteiger partial charge >= 0.3 is 6.01 Å². The van der Waals surface area contributed by atoms with E-state index in [-0.39, 0.29) is 23.4 Å². The Bertz CT molecular complexity index is 479. The maximum absolute atomic E-state index is 12.3. The Hall–Kier alpha value is -1.43. The van der Waals surface area contributed by atoms with Crippen LogP contribution >= 0.6 is 0 Å². The highest BCUT2D eigenvalue weighted by Crippen LogP contribution is 2.39. The number of rotatable bonds is 3. The molecule has 1 amide bonds. The van der Waals surface area contributed by atoms with Crippen LogP contribution in [-0.4, -0.2) is 28.7 Å². The molecule has 2 N–H and O–H groups in total. The normalized spacial score (nSPS) is 26.1. The molecular weight excluding hydrogens is 244 g/mol. The van der Waals surface area contributed by atoms with Crippen LogP contribution in [0.5, 0.6) is 0 Å². The summed E-state index contributed by atoms with van der Waals surface area (Å²) >= 11 is 0. The zero-order valence-electron chi connectivity index (χ0n) is 11.4. The molecule has 19 heavy (non-hydrogen) atoms. The van der Waals surface area contributed by atoms with Gasteiger partial charge in [0.25, 0.3) is 0 Å². The highest BCUT2D eigenvalue weighted by atomic mass is 16.4. The van der Waals surface area contributed by atoms with Gasteiger partial charge in [-0.15, -0.1) is 5.10 Å². The smallest absolute Gasteiger partial charge is 0.322 e. The van der Waals surface area contributed by atoms with Crippen molar-refractivity contribution in [1.82, 2.24) is 15.5 Å². The summed E-state index contributed by atoms with van der Waals surface area (Å²) in [6.07, 6.45) is 4.35. The van der Waals surface area contributed by atoms with Crippen molar-refractivity contribution >= 4 is 11.9 Å². The lowest BCUT2D eigenvalue weighted by molar-refractivity contribution is -0.121. The SMILES string of the molecule is CC1(C)CCCNC1C(=O)Nc1nnc(C2CC2)o1. The summed E-state index contributed by atoms with van der Waals surface area (Å²) in [5.74, 6) is 0.962. The van der Waals surface area contributed by atoms with E-state index < -0.39 is 0 Å². The van der Waals surface area contributed by atoms with Crippen molar-refractivity contribution in [2.75, 3.05) is 11.9 Å². The molecular formula is C13H20N4O2. The number of hydrogen-bond donors (Lipinski definition) is 2. The van der Waals surface area contributed by atoms with Crippen LogP contribution in [-0.2, 0) is 4.79 Å². The van der Waals surface area contributed by atoms with E-state index in [0.29, 0.717) is 11.8 Å². The van der Waals surface area contributed by atoms with Gasteiger partial charge in [-0.25, -0.2) is 0 Å². The second-order valence-corrected chi connectivity index (χ2v) is 6.19. The molecule has 1 saturated carbocycles. The van der Waals surface area contributed by atoms with Gasteiger partial charge in [-0.05, 0) is 37.6 Å². The van der Waals surface area contributed by atoms with Crippen molar-refractivity contribution in [2.45, 2.75) is 51.5 Å². The Morgan fingerprint density at radius 2 is 2.21 bits per heavy atom. The summed E-state index contributed by atoms with van der Waals surface area (Å²) in [6.45, 7) is 5.08. The highest BCUT2D eigenvalue weighted by Gasteiger charge is 2.38. The number of nitrogens with zero attached hydrogens (tertiary/aromatic N) is 2. The van der Waals surface area contributed by atoms with Crippen LogP contribution in [0.1, 0.15) is 51.3 Å². The molecule has 1 aliphatic carbocycles. The zero-order valence-corrected chi connectivity index (χ0v) is 11.4. The van der Waals surface area contributed by atoms with E-state index in [9.17, 15) is 4.79 Å². The summed E-state index contributed by atoms with van der Waals surface area (Å²) < 4.78 is 5.46. The van der Waals surface area contributed by atoms with E-state index in [4.69, 9.17) is 4.42 Å². The van der Waals surface area contributed by atoms with Gasteiger partial charge < -0.3 is 9.73 Å². The van der Waals surface area contributed by atoms with Crippen LogP contribution in [0.4, 0.5) is 6.01 Å². The summed E-state index contributed by atoms with van der Waals surface area (Å²) in [6, 6.07) is 0.00704. The molecule has 0 radical (unpaired) electrons. The van der Waals surface area contributed by atoms with Crippen LogP contribution in [0.3, 0.4) is 0 Å². The second-order valence-electron chi connectivity index (χ2n) is 6.19. The zero-order chi connectivity index (χ0) is 13.5. The Kier molecular flexibility index (Phi) is 3.05. The summed E-state index contributed by atoms with van der Waals surface area (Å²) in [5, 5.41) is 13.8. The lowest BCUT2D eigenvalue weighted by Crippen LogP contribution is -2.53. The molecule has 0 aromatic carbocycles. The molecule has 104 valence electrons. The van der Waals surface area contributed by atoms with Crippen molar-refractivity contribution in [3.63, 3.8) is 0 Å². The number of anilines is 1. The van der Waals surface area contributed by atoms with Gasteiger partial charge in [-0.1, -0.05) is 18.9 Å². The molecule has 0 spiro atoms. The van der Waals surface area contributed by atoms with Gasteiger partial charge in [-0.2, -0.15) is 0 Å². The Morgan fingerprint density at radius 1 is 1.42 bits per heavy atom. The molecule has 1 aromatic rings. The first-order valence-electron chi connectivity index (χ1n) is 6.94. The fourth-order valence-electron chi connectivity index (χ4n) is 2.62. The largest absolute Gasteiger partial charge is 0.408 e. The summed E-state index contributed by atoms with van der Waals surface area (Å²) in [5.41, 5.74) is -0.0539. The predicted octanol–water partition coefficient (Wildman–Crippen LogP) is 1.66. The third kappa shape index (κ3) is 2.63. The standard InChI is InChI=1S/C13H20N4O2/c1-13(2)6-3-7-14-9(13)10(18)15-12-17-16-11(19-12)8-4-5-8/h8-9,14H,3-7H2,1-2H3,(H,15,17,18). The van der Waals surface area contributed by atoms with Gasteiger partial charge in [0.05, 0.1) is 6.04 Å². The topological polar surface area (TPSA) is 80.0 Å². The number of carbonyl (C=O) groups excluding carboxylic acids is 1. The Morgan fingerprint density at radius 3 is 2.89 bits per heavy atom. The quantitative estimate of drug-likeness (QED) is 0.868. The van der Waals surface area contributed by atoms with Crippen molar-refractivity contribution in [1.29, 1.82) is 0 Å². The molecule has 6 nitrogen and oxygen atoms in total. The molecule has 1 aliphatic heterocycles. The number of carbonyl (C=O) groups is 1. The maximum Gasteiger partial charge on any atom is 0.322 e. The minimum Gasteiger partial charge on any atom is -0.408 e. The van der Waals surface area contributed by atoms with Gasteiger partial charge in [-0.3, -0.25) is 10.1 Å². The van der Waals surface area contributed by atoms with Crippen LogP contribution in [0.15, 0.2) is 4.42 Å². The molecule has 3 rings (SSSR count). The molecule has 0 bridgehead atoms. The fourth-order valence-corrected chi connectivity index (χ4v) is 2.62. The molecule has 1 unspecified atom stereocenters. The van der Waals surface area contributed by atoms with E-state index in [0.717, 1.165) is 32.2 Å². The van der Waals surface area contributed by atoms with Crippen molar-refractivity contribution in [2.24, 2.45) is 5.41 Å². The second kappa shape index (κ2) is 4.59. The molecule has 1 saturated heterocycles. The fraction of sp³-hybridized carbons (Fsp3) is 0.769. The number of nitrogens with one attached hydrogen (secondary N) is 2. The van der Waals surface area contributed by atoms with E-state index in [2.05, 4.69) is 34.7 Å². The molecule has 2 fully saturated rings. The minimum absolute atomic E-state index is 0.0539. The number of amides is 1. The monoisotopic (exact) mass is 264 g/mol.